The number of benzene rings is 1. The first-order valence-electron chi connectivity index (χ1n) is 7.70. The molecule has 0 spiro atoms. The second-order valence-corrected chi connectivity index (χ2v) is 5.86. The number of rotatable bonds is 4. The molecule has 1 aromatic rings. The van der Waals surface area contributed by atoms with Gasteiger partial charge in [0.15, 0.2) is 0 Å². The Balaban J connectivity index is 1.60. The summed E-state index contributed by atoms with van der Waals surface area (Å²) in [5, 5.41) is 2.63. The summed E-state index contributed by atoms with van der Waals surface area (Å²) in [7, 11) is 0. The maximum atomic E-state index is 12.5. The van der Waals surface area contributed by atoms with Crippen molar-refractivity contribution in [3.8, 4) is 0 Å². The second kappa shape index (κ2) is 6.24. The fraction of sp³-hybridized carbons (Fsp3) is 0.353. The van der Waals surface area contributed by atoms with Gasteiger partial charge in [0.2, 0.25) is 11.8 Å². The van der Waals surface area contributed by atoms with Crippen LogP contribution in [0.2, 0.25) is 0 Å². The Labute approximate surface area is 134 Å². The quantitative estimate of drug-likeness (QED) is 0.856. The van der Waals surface area contributed by atoms with Gasteiger partial charge in [-0.3, -0.25) is 14.4 Å². The Bertz CT molecular complexity index is 650. The molecule has 1 saturated heterocycles. The summed E-state index contributed by atoms with van der Waals surface area (Å²) >= 11 is 0. The van der Waals surface area contributed by atoms with Crippen LogP contribution in [0.3, 0.4) is 0 Å². The van der Waals surface area contributed by atoms with Gasteiger partial charge in [0.05, 0.1) is 6.67 Å². The van der Waals surface area contributed by atoms with Gasteiger partial charge in [0, 0.05) is 30.3 Å². The minimum absolute atomic E-state index is 0.0994. The van der Waals surface area contributed by atoms with E-state index in [9.17, 15) is 14.4 Å². The van der Waals surface area contributed by atoms with Crippen molar-refractivity contribution in [1.82, 2.24) is 9.80 Å². The van der Waals surface area contributed by atoms with Gasteiger partial charge in [0.25, 0.3) is 5.91 Å². The summed E-state index contributed by atoms with van der Waals surface area (Å²) in [6.07, 6.45) is 3.14. The maximum absolute atomic E-state index is 12.5. The van der Waals surface area contributed by atoms with Crippen LogP contribution in [0.5, 0.6) is 0 Å². The zero-order chi connectivity index (χ0) is 16.4. The predicted molar refractivity (Wildman–Crippen MR) is 85.6 cm³/mol. The molecule has 120 valence electrons. The van der Waals surface area contributed by atoms with Crippen LogP contribution in [0.4, 0.5) is 5.69 Å². The van der Waals surface area contributed by atoms with Crippen LogP contribution in [0.1, 0.15) is 23.2 Å². The zero-order valence-electron chi connectivity index (χ0n) is 12.8. The lowest BCUT2D eigenvalue weighted by molar-refractivity contribution is -0.131. The Hall–Kier alpha value is -2.63. The van der Waals surface area contributed by atoms with E-state index in [0.29, 0.717) is 31.0 Å². The van der Waals surface area contributed by atoms with Crippen molar-refractivity contribution in [1.29, 1.82) is 0 Å². The number of hydrogen-bond acceptors (Lipinski definition) is 3. The molecule has 2 aliphatic rings. The zero-order valence-corrected chi connectivity index (χ0v) is 12.8. The van der Waals surface area contributed by atoms with E-state index in [2.05, 4.69) is 11.9 Å². The largest absolute Gasteiger partial charge is 0.323 e. The highest BCUT2D eigenvalue weighted by Gasteiger charge is 2.37. The van der Waals surface area contributed by atoms with Gasteiger partial charge in [-0.15, -0.1) is 0 Å². The van der Waals surface area contributed by atoms with Crippen LogP contribution >= 0.6 is 0 Å². The van der Waals surface area contributed by atoms with Crippen molar-refractivity contribution in [3.63, 3.8) is 0 Å². The van der Waals surface area contributed by atoms with Crippen molar-refractivity contribution in [3.05, 3.63) is 42.5 Å². The molecule has 1 saturated carbocycles. The Kier molecular flexibility index (Phi) is 4.14. The molecule has 1 aromatic carbocycles. The predicted octanol–water partition coefficient (Wildman–Crippen LogP) is 1.46. The van der Waals surface area contributed by atoms with E-state index >= 15 is 0 Å². The molecule has 2 fully saturated rings. The molecule has 0 atom stereocenters. The van der Waals surface area contributed by atoms with Crippen LogP contribution in [-0.2, 0) is 9.59 Å². The number of amides is 3. The average Bonchev–Trinajstić information content (AvgIpc) is 3.31. The van der Waals surface area contributed by atoms with E-state index < -0.39 is 0 Å². The lowest BCUT2D eigenvalue weighted by Crippen LogP contribution is -2.34. The van der Waals surface area contributed by atoms with Crippen molar-refractivity contribution in [2.24, 2.45) is 5.92 Å². The van der Waals surface area contributed by atoms with Crippen molar-refractivity contribution >= 4 is 23.4 Å². The first-order chi connectivity index (χ1) is 11.1. The first-order valence-corrected chi connectivity index (χ1v) is 7.70. The fourth-order valence-corrected chi connectivity index (χ4v) is 2.60. The summed E-state index contributed by atoms with van der Waals surface area (Å²) < 4.78 is 0. The fourth-order valence-electron chi connectivity index (χ4n) is 2.60. The molecular formula is C17H19N3O3. The highest BCUT2D eigenvalue weighted by atomic mass is 16.2. The smallest absolute Gasteiger partial charge is 0.255 e. The van der Waals surface area contributed by atoms with Crippen LogP contribution in [0.15, 0.2) is 36.9 Å². The monoisotopic (exact) mass is 313 g/mol. The lowest BCUT2D eigenvalue weighted by Gasteiger charge is -2.18. The van der Waals surface area contributed by atoms with E-state index in [1.54, 1.807) is 34.1 Å². The second-order valence-electron chi connectivity index (χ2n) is 5.86. The standard InChI is InChI=1S/C17H19N3O3/c1-2-15(21)18-14-7-5-13(6-8-14)17(23)20-10-9-19(11-20)16(22)12-3-4-12/h2,5-8,12H,1,3-4,9-11H2,(H,18,21). The third kappa shape index (κ3) is 3.41. The lowest BCUT2D eigenvalue weighted by atomic mass is 10.2. The van der Waals surface area contributed by atoms with E-state index in [1.165, 1.54) is 6.08 Å². The number of nitrogens with zero attached hydrogens (tertiary/aromatic N) is 2. The number of nitrogens with one attached hydrogen (secondary N) is 1. The molecular weight excluding hydrogens is 294 g/mol. The average molecular weight is 313 g/mol. The summed E-state index contributed by atoms with van der Waals surface area (Å²) in [5.74, 6) is -0.0452. The Morgan fingerprint density at radius 1 is 1.09 bits per heavy atom. The van der Waals surface area contributed by atoms with Crippen molar-refractivity contribution in [2.45, 2.75) is 12.8 Å². The third-order valence-electron chi connectivity index (χ3n) is 4.09. The van der Waals surface area contributed by atoms with Crippen LogP contribution in [0.25, 0.3) is 0 Å². The van der Waals surface area contributed by atoms with E-state index in [4.69, 9.17) is 0 Å². The van der Waals surface area contributed by atoms with E-state index in [0.717, 1.165) is 12.8 Å². The summed E-state index contributed by atoms with van der Waals surface area (Å²) in [5.41, 5.74) is 1.15. The van der Waals surface area contributed by atoms with Crippen LogP contribution in [0, 0.1) is 5.92 Å². The molecule has 1 heterocycles. The van der Waals surface area contributed by atoms with Gasteiger partial charge in [-0.05, 0) is 43.2 Å². The Morgan fingerprint density at radius 3 is 2.35 bits per heavy atom. The van der Waals surface area contributed by atoms with Crippen molar-refractivity contribution in [2.75, 3.05) is 25.1 Å². The topological polar surface area (TPSA) is 69.7 Å². The highest BCUT2D eigenvalue weighted by molar-refractivity contribution is 6.00. The molecule has 3 rings (SSSR count). The van der Waals surface area contributed by atoms with Gasteiger partial charge < -0.3 is 15.1 Å². The minimum Gasteiger partial charge on any atom is -0.323 e. The molecule has 0 bridgehead atoms. The molecule has 0 unspecified atom stereocenters. The summed E-state index contributed by atoms with van der Waals surface area (Å²) in [6, 6.07) is 6.70. The normalized spacial score (nSPS) is 17.0. The maximum Gasteiger partial charge on any atom is 0.255 e. The van der Waals surface area contributed by atoms with Crippen LogP contribution in [-0.4, -0.2) is 47.3 Å². The number of carbonyl (C=O) groups is 3. The minimum atomic E-state index is -0.294. The van der Waals surface area contributed by atoms with E-state index in [-0.39, 0.29) is 23.6 Å². The van der Waals surface area contributed by atoms with Crippen LogP contribution < -0.4 is 5.32 Å². The van der Waals surface area contributed by atoms with Gasteiger partial charge in [-0.1, -0.05) is 6.58 Å². The molecule has 0 radical (unpaired) electrons. The molecule has 6 nitrogen and oxygen atoms in total. The molecule has 3 amide bonds. The SMILES string of the molecule is C=CC(=O)Nc1ccc(C(=O)N2CCN(C(=O)C3CC3)C2)cc1. The van der Waals surface area contributed by atoms with Gasteiger partial charge in [0.1, 0.15) is 0 Å². The third-order valence-corrected chi connectivity index (χ3v) is 4.09. The van der Waals surface area contributed by atoms with Gasteiger partial charge >= 0.3 is 0 Å². The molecule has 1 aliphatic carbocycles. The number of anilines is 1. The molecule has 1 N–H and O–H groups in total. The number of carbonyl (C=O) groups excluding carboxylic acids is 3. The molecule has 1 aliphatic heterocycles. The highest BCUT2D eigenvalue weighted by Crippen LogP contribution is 2.31. The van der Waals surface area contributed by atoms with E-state index in [1.807, 2.05) is 0 Å². The summed E-state index contributed by atoms with van der Waals surface area (Å²) in [6.45, 7) is 4.92. The molecule has 23 heavy (non-hydrogen) atoms. The molecule has 6 heteroatoms. The molecule has 0 aromatic heterocycles. The summed E-state index contributed by atoms with van der Waals surface area (Å²) in [4.78, 5) is 39.2. The first kappa shape index (κ1) is 15.3. The Morgan fingerprint density at radius 2 is 1.74 bits per heavy atom. The van der Waals surface area contributed by atoms with Gasteiger partial charge in [-0.25, -0.2) is 0 Å². The van der Waals surface area contributed by atoms with Crippen molar-refractivity contribution < 1.29 is 14.4 Å². The number of hydrogen-bond donors (Lipinski definition) is 1. The van der Waals surface area contributed by atoms with Gasteiger partial charge in [-0.2, -0.15) is 0 Å².